The topological polar surface area (TPSA) is 87.1 Å². The number of rotatable bonds is 4. The van der Waals surface area contributed by atoms with Crippen molar-refractivity contribution in [1.29, 1.82) is 0 Å². The second-order valence-corrected chi connectivity index (χ2v) is 5.47. The third-order valence-electron chi connectivity index (χ3n) is 2.98. The Morgan fingerprint density at radius 1 is 1.47 bits per heavy atom. The van der Waals surface area contributed by atoms with Gasteiger partial charge in [-0.3, -0.25) is 14.5 Å². The van der Waals surface area contributed by atoms with Crippen molar-refractivity contribution in [3.8, 4) is 0 Å². The molecule has 1 saturated heterocycles. The van der Waals surface area contributed by atoms with Gasteiger partial charge >= 0.3 is 0 Å². The fraction of sp³-hybridized carbons (Fsp3) is 0.667. The van der Waals surface area contributed by atoms with Gasteiger partial charge in [0.05, 0.1) is 6.61 Å². The lowest BCUT2D eigenvalue weighted by molar-refractivity contribution is -0.139. The van der Waals surface area contributed by atoms with Crippen LogP contribution in [0.5, 0.6) is 0 Å². The van der Waals surface area contributed by atoms with E-state index >= 15 is 0 Å². The largest absolute Gasteiger partial charge is 0.394 e. The Bertz CT molecular complexity index is 396. The summed E-state index contributed by atoms with van der Waals surface area (Å²) in [5, 5.41) is 19.1. The molecular formula is C12H18ClNO5. The predicted octanol–water partition coefficient (Wildman–Crippen LogP) is 0.0132. The number of carbonyl (C=O) groups excluding carboxylic acids is 2. The Labute approximate surface area is 116 Å². The van der Waals surface area contributed by atoms with Crippen LogP contribution in [0.4, 0.5) is 0 Å². The summed E-state index contributed by atoms with van der Waals surface area (Å²) >= 11 is 6.21. The van der Waals surface area contributed by atoms with E-state index in [2.05, 4.69) is 0 Å². The van der Waals surface area contributed by atoms with Crippen LogP contribution in [0.2, 0.25) is 0 Å². The van der Waals surface area contributed by atoms with Crippen molar-refractivity contribution in [1.82, 2.24) is 4.90 Å². The van der Waals surface area contributed by atoms with Crippen molar-refractivity contribution in [2.45, 2.75) is 44.1 Å². The van der Waals surface area contributed by atoms with Gasteiger partial charge in [0.25, 0.3) is 0 Å². The van der Waals surface area contributed by atoms with E-state index in [0.717, 1.165) is 4.90 Å². The molecule has 1 heterocycles. The van der Waals surface area contributed by atoms with Crippen molar-refractivity contribution in [3.05, 3.63) is 12.3 Å². The zero-order valence-electron chi connectivity index (χ0n) is 11.0. The van der Waals surface area contributed by atoms with E-state index in [1.807, 2.05) is 0 Å². The third kappa shape index (κ3) is 3.33. The molecule has 0 bridgehead atoms. The molecule has 0 aromatic carbocycles. The van der Waals surface area contributed by atoms with Crippen LogP contribution in [0.25, 0.3) is 0 Å². The zero-order chi connectivity index (χ0) is 14.8. The summed E-state index contributed by atoms with van der Waals surface area (Å²) in [7, 11) is 0. The van der Waals surface area contributed by atoms with Crippen LogP contribution in [0.15, 0.2) is 12.3 Å². The fourth-order valence-electron chi connectivity index (χ4n) is 1.90. The smallest absolute Gasteiger partial charge is 0.225 e. The quantitative estimate of drug-likeness (QED) is 0.563. The van der Waals surface area contributed by atoms with E-state index < -0.39 is 29.9 Å². The van der Waals surface area contributed by atoms with Crippen molar-refractivity contribution >= 4 is 23.3 Å². The van der Waals surface area contributed by atoms with E-state index in [1.165, 1.54) is 33.0 Å². The molecule has 0 saturated carbocycles. The van der Waals surface area contributed by atoms with Gasteiger partial charge in [-0.25, -0.2) is 0 Å². The molecule has 6 nitrogen and oxygen atoms in total. The molecule has 0 radical (unpaired) electrons. The summed E-state index contributed by atoms with van der Waals surface area (Å²) in [6.45, 7) is 3.73. The average molecular weight is 292 g/mol. The Morgan fingerprint density at radius 2 is 2.05 bits per heavy atom. The molecule has 0 unspecified atom stereocenters. The number of allylic oxidation sites excluding steroid dienone is 1. The van der Waals surface area contributed by atoms with Gasteiger partial charge in [0, 0.05) is 13.1 Å². The Morgan fingerprint density at radius 3 is 2.42 bits per heavy atom. The normalized spacial score (nSPS) is 34.7. The molecular weight excluding hydrogens is 274 g/mol. The van der Waals surface area contributed by atoms with Gasteiger partial charge in [-0.1, -0.05) is 0 Å². The summed E-state index contributed by atoms with van der Waals surface area (Å²) in [4.78, 5) is 22.4. The number of carbonyl (C=O) groups is 2. The maximum absolute atomic E-state index is 11.6. The average Bonchev–Trinajstić information content (AvgIpc) is 2.52. The van der Waals surface area contributed by atoms with E-state index in [1.54, 1.807) is 0 Å². The van der Waals surface area contributed by atoms with E-state index in [-0.39, 0.29) is 11.7 Å². The molecule has 1 rings (SSSR count). The molecule has 1 aliphatic heterocycles. The molecule has 0 aromatic heterocycles. The summed E-state index contributed by atoms with van der Waals surface area (Å²) in [6, 6.07) is 0. The van der Waals surface area contributed by atoms with E-state index in [0.29, 0.717) is 0 Å². The van der Waals surface area contributed by atoms with Gasteiger partial charge in [-0.05, 0) is 19.9 Å². The second kappa shape index (κ2) is 6.00. The molecule has 1 aliphatic rings. The minimum atomic E-state index is -1.28. The highest BCUT2D eigenvalue weighted by atomic mass is 35.5. The van der Waals surface area contributed by atoms with Crippen LogP contribution in [0.1, 0.15) is 20.8 Å². The molecule has 1 fully saturated rings. The first-order chi connectivity index (χ1) is 8.71. The number of hydrogen-bond acceptors (Lipinski definition) is 5. The number of nitrogens with zero attached hydrogens (tertiary/aromatic N) is 1. The highest BCUT2D eigenvalue weighted by Crippen LogP contribution is 2.38. The monoisotopic (exact) mass is 291 g/mol. The lowest BCUT2D eigenvalue weighted by atomic mass is 10.0. The van der Waals surface area contributed by atoms with Gasteiger partial charge in [-0.2, -0.15) is 0 Å². The van der Waals surface area contributed by atoms with Crippen LogP contribution < -0.4 is 0 Å². The fourth-order valence-corrected chi connectivity index (χ4v) is 2.19. The second-order valence-electron chi connectivity index (χ2n) is 4.66. The number of ketones is 1. The van der Waals surface area contributed by atoms with Crippen molar-refractivity contribution in [2.24, 2.45) is 0 Å². The summed E-state index contributed by atoms with van der Waals surface area (Å²) in [6.07, 6.45) is -0.495. The number of aliphatic hydroxyl groups excluding tert-OH is 2. The highest BCUT2D eigenvalue weighted by Gasteiger charge is 2.54. The number of aliphatic hydroxyl groups is 2. The van der Waals surface area contributed by atoms with Crippen molar-refractivity contribution in [2.75, 3.05) is 6.61 Å². The Hall–Kier alpha value is -0.950. The maximum atomic E-state index is 11.6. The summed E-state index contributed by atoms with van der Waals surface area (Å²) in [5.74, 6) is -0.625. The van der Waals surface area contributed by atoms with Crippen LogP contribution in [-0.4, -0.2) is 56.7 Å². The van der Waals surface area contributed by atoms with Crippen LogP contribution in [0.3, 0.4) is 0 Å². The lowest BCUT2D eigenvalue weighted by Crippen LogP contribution is -2.49. The molecule has 0 aliphatic carbocycles. The van der Waals surface area contributed by atoms with Crippen molar-refractivity contribution < 1.29 is 24.5 Å². The SMILES string of the molecule is CC(=O)/C=C\N(C(C)=O)[C@@H]1O[C@H](CO)[C@@H](O)[C@@]1(C)Cl. The Kier molecular flexibility index (Phi) is 5.09. The number of amides is 1. The lowest BCUT2D eigenvalue weighted by Gasteiger charge is -2.32. The minimum absolute atomic E-state index is 0.236. The molecule has 0 aromatic rings. The first-order valence-electron chi connectivity index (χ1n) is 5.82. The minimum Gasteiger partial charge on any atom is -0.394 e. The molecule has 0 spiro atoms. The molecule has 7 heteroatoms. The highest BCUT2D eigenvalue weighted by molar-refractivity contribution is 6.25. The first-order valence-corrected chi connectivity index (χ1v) is 6.20. The predicted molar refractivity (Wildman–Crippen MR) is 68.4 cm³/mol. The number of halogens is 1. The van der Waals surface area contributed by atoms with E-state index in [9.17, 15) is 14.7 Å². The third-order valence-corrected chi connectivity index (χ3v) is 3.39. The van der Waals surface area contributed by atoms with Gasteiger partial charge in [-0.15, -0.1) is 11.6 Å². The van der Waals surface area contributed by atoms with Gasteiger partial charge < -0.3 is 14.9 Å². The van der Waals surface area contributed by atoms with Crippen molar-refractivity contribution in [3.63, 3.8) is 0 Å². The molecule has 2 N–H and O–H groups in total. The van der Waals surface area contributed by atoms with Gasteiger partial charge in [0.2, 0.25) is 5.91 Å². The van der Waals surface area contributed by atoms with E-state index in [4.69, 9.17) is 21.4 Å². The summed E-state index contributed by atoms with van der Waals surface area (Å²) in [5.41, 5.74) is 0. The van der Waals surface area contributed by atoms with Crippen LogP contribution in [-0.2, 0) is 14.3 Å². The number of ether oxygens (including phenoxy) is 1. The standard InChI is InChI=1S/C12H18ClNO5/c1-7(16)4-5-14(8(2)17)11-12(3,13)10(18)9(6-15)19-11/h4-5,9-11,15,18H,6H2,1-3H3/b5-4-/t9-,10-,11-,12-/m1/s1. The number of alkyl halides is 1. The molecule has 1 amide bonds. The van der Waals surface area contributed by atoms with Crippen LogP contribution >= 0.6 is 11.6 Å². The molecule has 19 heavy (non-hydrogen) atoms. The maximum Gasteiger partial charge on any atom is 0.225 e. The van der Waals surface area contributed by atoms with Gasteiger partial charge in [0.15, 0.2) is 12.0 Å². The summed E-state index contributed by atoms with van der Waals surface area (Å²) < 4.78 is 5.40. The Balaban J connectivity index is 3.03. The zero-order valence-corrected chi connectivity index (χ0v) is 11.8. The molecule has 108 valence electrons. The van der Waals surface area contributed by atoms with Crippen LogP contribution in [0, 0.1) is 0 Å². The molecule has 4 atom stereocenters. The first kappa shape index (κ1) is 16.1. The number of hydrogen-bond donors (Lipinski definition) is 2. The van der Waals surface area contributed by atoms with Gasteiger partial charge in [0.1, 0.15) is 17.1 Å².